The van der Waals surface area contributed by atoms with E-state index < -0.39 is 11.8 Å². The molecular weight excluding hydrogens is 921 g/mol. The third-order valence-electron chi connectivity index (χ3n) is 9.86. The highest BCUT2D eigenvalue weighted by atomic mass is 32.1. The van der Waals surface area contributed by atoms with Crippen LogP contribution in [0.15, 0.2) is 64.6 Å². The fourth-order valence-electron chi connectivity index (χ4n) is 6.01. The van der Waals surface area contributed by atoms with Crippen molar-refractivity contribution in [3.63, 3.8) is 0 Å². The van der Waals surface area contributed by atoms with Crippen LogP contribution in [-0.2, 0) is 10.8 Å². The molecule has 0 aliphatic carbocycles. The minimum Gasteiger partial charge on any atom is -0.479 e. The molecule has 4 aromatic heterocycles. The van der Waals surface area contributed by atoms with Gasteiger partial charge in [-0.3, -0.25) is 9.59 Å². The predicted octanol–water partition coefficient (Wildman–Crippen LogP) is 8.06. The van der Waals surface area contributed by atoms with Crippen LogP contribution in [0.1, 0.15) is 73.6 Å². The SMILES string of the molecule is COc1nc(NCCN(C)C)nc(OC)c1NC(=O)c1coc(Oc2cccc(C(C)(C)C)c2)n1.COc1nc(NCCN(C)C)nc(OC)c1NC(=O)c1csc(Oc2cccc(C(C)(C)C)c2)n1. The van der Waals surface area contributed by atoms with Crippen LogP contribution in [0.3, 0.4) is 0 Å². The number of ether oxygens (including phenoxy) is 6. The van der Waals surface area contributed by atoms with Crippen molar-refractivity contribution in [2.75, 3.05) is 104 Å². The summed E-state index contributed by atoms with van der Waals surface area (Å²) in [5, 5.41) is 13.6. The van der Waals surface area contributed by atoms with E-state index in [2.05, 4.69) is 98.8 Å². The van der Waals surface area contributed by atoms with Gasteiger partial charge in [-0.25, -0.2) is 0 Å². The number of benzene rings is 2. The number of nitrogens with one attached hydrogen (secondary N) is 4. The number of anilines is 4. The van der Waals surface area contributed by atoms with E-state index in [0.717, 1.165) is 24.2 Å². The fraction of sp³-hybridized carbons (Fsp3) is 0.417. The van der Waals surface area contributed by atoms with Crippen LogP contribution >= 0.6 is 11.3 Å². The Morgan fingerprint density at radius 3 is 1.44 bits per heavy atom. The molecule has 2 aromatic carbocycles. The van der Waals surface area contributed by atoms with Gasteiger partial charge in [-0.05, 0) is 74.4 Å². The molecule has 0 aliphatic rings. The Morgan fingerprint density at radius 2 is 1.03 bits per heavy atom. The molecule has 6 aromatic rings. The molecule has 0 saturated carbocycles. The quantitative estimate of drug-likeness (QED) is 0.0566. The minimum absolute atomic E-state index is 0.00395. The Morgan fingerprint density at radius 1 is 0.600 bits per heavy atom. The van der Waals surface area contributed by atoms with E-state index >= 15 is 0 Å². The Bertz CT molecular complexity index is 2450. The lowest BCUT2D eigenvalue weighted by Crippen LogP contribution is -2.22. The maximum absolute atomic E-state index is 12.9. The van der Waals surface area contributed by atoms with Crippen molar-refractivity contribution in [1.82, 2.24) is 39.7 Å². The van der Waals surface area contributed by atoms with Crippen molar-refractivity contribution < 1.29 is 42.4 Å². The van der Waals surface area contributed by atoms with Gasteiger partial charge >= 0.3 is 6.08 Å². The van der Waals surface area contributed by atoms with Crippen LogP contribution in [0.4, 0.5) is 23.3 Å². The van der Waals surface area contributed by atoms with Crippen molar-refractivity contribution in [2.45, 2.75) is 52.4 Å². The number of nitrogens with zero attached hydrogens (tertiary/aromatic N) is 8. The minimum atomic E-state index is -0.569. The summed E-state index contributed by atoms with van der Waals surface area (Å²) in [5.74, 6) is 1.44. The molecule has 0 saturated heterocycles. The zero-order chi connectivity index (χ0) is 51.2. The van der Waals surface area contributed by atoms with Crippen molar-refractivity contribution >= 4 is 46.4 Å². The zero-order valence-electron chi connectivity index (χ0n) is 42.3. The number of hydrogen-bond donors (Lipinski definition) is 4. The summed E-state index contributed by atoms with van der Waals surface area (Å²) in [6.07, 6.45) is 1.15. The van der Waals surface area contributed by atoms with Crippen molar-refractivity contribution in [1.29, 1.82) is 0 Å². The number of amides is 2. The van der Waals surface area contributed by atoms with Gasteiger partial charge in [-0.2, -0.15) is 29.9 Å². The smallest absolute Gasteiger partial charge is 0.399 e. The largest absolute Gasteiger partial charge is 0.479 e. The number of aromatic nitrogens is 6. The lowest BCUT2D eigenvalue weighted by atomic mass is 9.87. The molecule has 70 heavy (non-hydrogen) atoms. The summed E-state index contributed by atoms with van der Waals surface area (Å²) in [6.45, 7) is 15.6. The lowest BCUT2D eigenvalue weighted by molar-refractivity contribution is 0.101. The zero-order valence-corrected chi connectivity index (χ0v) is 43.1. The summed E-state index contributed by atoms with van der Waals surface area (Å²) in [5.41, 5.74) is 2.76. The van der Waals surface area contributed by atoms with Crippen molar-refractivity contribution in [3.8, 4) is 46.3 Å². The van der Waals surface area contributed by atoms with Gasteiger partial charge in [0.1, 0.15) is 23.5 Å². The molecule has 21 nitrogen and oxygen atoms in total. The van der Waals surface area contributed by atoms with Gasteiger partial charge in [0.2, 0.25) is 35.4 Å². The molecule has 4 N–H and O–H groups in total. The maximum atomic E-state index is 12.9. The Hall–Kier alpha value is -7.30. The lowest BCUT2D eigenvalue weighted by Gasteiger charge is -2.19. The molecule has 0 unspecified atom stereocenters. The van der Waals surface area contributed by atoms with E-state index in [1.165, 1.54) is 46.0 Å². The van der Waals surface area contributed by atoms with Gasteiger partial charge in [0, 0.05) is 31.6 Å². The molecule has 6 rings (SSSR count). The molecule has 0 radical (unpaired) electrons. The predicted molar refractivity (Wildman–Crippen MR) is 269 cm³/mol. The average Bonchev–Trinajstić information content (AvgIpc) is 3.99. The highest BCUT2D eigenvalue weighted by Gasteiger charge is 2.24. The van der Waals surface area contributed by atoms with Crippen LogP contribution < -0.4 is 49.7 Å². The first-order valence-corrected chi connectivity index (χ1v) is 23.0. The number of carbonyl (C=O) groups excluding carboxylic acids is 2. The summed E-state index contributed by atoms with van der Waals surface area (Å²) >= 11 is 1.23. The van der Waals surface area contributed by atoms with Gasteiger partial charge in [-0.15, -0.1) is 0 Å². The Labute approximate surface area is 412 Å². The summed E-state index contributed by atoms with van der Waals surface area (Å²) in [6, 6.07) is 15.4. The maximum Gasteiger partial charge on any atom is 0.399 e. The van der Waals surface area contributed by atoms with Gasteiger partial charge in [-0.1, -0.05) is 77.1 Å². The Balaban J connectivity index is 0.000000261. The number of likely N-dealkylation sites (N-methyl/N-ethyl adjacent to an activating group) is 2. The normalized spacial score (nSPS) is 11.3. The molecule has 22 heteroatoms. The first-order chi connectivity index (χ1) is 33.2. The van der Waals surface area contributed by atoms with Crippen LogP contribution in [0.5, 0.6) is 46.3 Å². The Kier molecular flexibility index (Phi) is 18.6. The fourth-order valence-corrected chi connectivity index (χ4v) is 6.68. The van der Waals surface area contributed by atoms with Crippen LogP contribution in [0.25, 0.3) is 0 Å². The third kappa shape index (κ3) is 15.4. The molecule has 0 aliphatic heterocycles. The van der Waals surface area contributed by atoms with Gasteiger partial charge in [0.05, 0.1) is 28.4 Å². The highest BCUT2D eigenvalue weighted by Crippen LogP contribution is 2.36. The summed E-state index contributed by atoms with van der Waals surface area (Å²) in [4.78, 5) is 55.6. The second-order valence-electron chi connectivity index (χ2n) is 18.0. The average molecular weight is 985 g/mol. The van der Waals surface area contributed by atoms with E-state index in [4.69, 9.17) is 32.8 Å². The number of rotatable bonds is 20. The number of methoxy groups -OCH3 is 4. The van der Waals surface area contributed by atoms with Gasteiger partial charge in [0.25, 0.3) is 17.0 Å². The van der Waals surface area contributed by atoms with E-state index in [0.29, 0.717) is 41.7 Å². The molecule has 0 atom stereocenters. The number of carbonyl (C=O) groups is 2. The second-order valence-corrected chi connectivity index (χ2v) is 18.8. The molecule has 0 fully saturated rings. The van der Waals surface area contributed by atoms with E-state index in [1.54, 1.807) is 11.4 Å². The number of thiazole rings is 1. The summed E-state index contributed by atoms with van der Waals surface area (Å²) in [7, 11) is 13.7. The monoisotopic (exact) mass is 984 g/mol. The number of oxazole rings is 1. The highest BCUT2D eigenvalue weighted by molar-refractivity contribution is 7.11. The van der Waals surface area contributed by atoms with Gasteiger partial charge in [0.15, 0.2) is 17.1 Å². The molecule has 0 bridgehead atoms. The second kappa shape index (κ2) is 24.3. The van der Waals surface area contributed by atoms with Crippen LogP contribution in [0, 0.1) is 0 Å². The van der Waals surface area contributed by atoms with Gasteiger partial charge < -0.3 is 63.9 Å². The first-order valence-electron chi connectivity index (χ1n) is 22.1. The van der Waals surface area contributed by atoms with Crippen LogP contribution in [0.2, 0.25) is 0 Å². The molecule has 376 valence electrons. The van der Waals surface area contributed by atoms with Crippen molar-refractivity contribution in [2.24, 2.45) is 0 Å². The summed E-state index contributed by atoms with van der Waals surface area (Å²) < 4.78 is 38.4. The van der Waals surface area contributed by atoms with E-state index in [9.17, 15) is 9.59 Å². The first kappa shape index (κ1) is 53.7. The molecule has 2 amide bonds. The van der Waals surface area contributed by atoms with E-state index in [1.807, 2.05) is 74.4 Å². The van der Waals surface area contributed by atoms with Crippen LogP contribution in [-0.4, -0.2) is 134 Å². The van der Waals surface area contributed by atoms with Crippen molar-refractivity contribution in [3.05, 3.63) is 82.7 Å². The number of hydrogen-bond acceptors (Lipinski definition) is 20. The topological polar surface area (TPSA) is 235 Å². The third-order valence-corrected chi connectivity index (χ3v) is 10.6. The standard InChI is InChI=1S/C24H32N6O5.C24H32N6O4S/c1-24(2,3)15-9-8-10-16(13-15)35-23-26-17(14-34-23)19(31)27-18-20(32-6)28-22(29-21(18)33-7)25-11-12-30(4)5;1-24(2,3)15-9-8-10-16(13-15)34-23-26-17(14-35-23)19(31)27-18-20(32-6)28-22(29-21(18)33-7)25-11-12-30(4)5/h2*8-10,13-14H,11-12H2,1-7H3,(H,27,31)(H,25,28,29). The molecule has 4 heterocycles. The molecule has 0 spiro atoms. The van der Waals surface area contributed by atoms with E-state index in [-0.39, 0.29) is 63.2 Å². The molecular formula is C48H64N12O9S.